The zero-order valence-electron chi connectivity index (χ0n) is 16.1. The normalized spacial score (nSPS) is 11.9. The Hall–Kier alpha value is -3.46. The van der Waals surface area contributed by atoms with Gasteiger partial charge in [0.1, 0.15) is 11.5 Å². The van der Waals surface area contributed by atoms with Gasteiger partial charge in [-0.2, -0.15) is 0 Å². The number of carbonyl (C=O) groups excluding carboxylic acids is 1. The average Bonchev–Trinajstić information content (AvgIpc) is 2.67. The first kappa shape index (κ1) is 22.8. The van der Waals surface area contributed by atoms with Crippen LogP contribution in [0.3, 0.4) is 0 Å². The number of nitrogens with zero attached hydrogens (tertiary/aromatic N) is 2. The highest BCUT2D eigenvalue weighted by Crippen LogP contribution is 2.50. The zero-order valence-corrected chi connectivity index (χ0v) is 17.0. The van der Waals surface area contributed by atoms with Crippen LogP contribution in [0.4, 0.5) is 11.4 Å². The molecule has 160 valence electrons. The van der Waals surface area contributed by atoms with Gasteiger partial charge in [-0.3, -0.25) is 25.0 Å². The summed E-state index contributed by atoms with van der Waals surface area (Å²) in [5.74, 6) is -0.754. The quantitative estimate of drug-likeness (QED) is 0.228. The molecule has 0 aliphatic heterocycles. The van der Waals surface area contributed by atoms with E-state index in [0.29, 0.717) is 0 Å². The molecule has 0 bridgehead atoms. The molecule has 0 fully saturated rings. The van der Waals surface area contributed by atoms with E-state index in [9.17, 15) is 29.6 Å². The number of hydrogen-bond donors (Lipinski definition) is 0. The maximum absolute atomic E-state index is 13.4. The van der Waals surface area contributed by atoms with Crippen LogP contribution in [-0.2, 0) is 14.1 Å². The molecule has 0 radical (unpaired) electrons. The second-order valence-electron chi connectivity index (χ2n) is 6.39. The lowest BCUT2D eigenvalue weighted by Crippen LogP contribution is -2.17. The van der Waals surface area contributed by atoms with Gasteiger partial charge >= 0.3 is 13.6 Å². The van der Waals surface area contributed by atoms with Crippen molar-refractivity contribution in [2.45, 2.75) is 13.8 Å². The summed E-state index contributed by atoms with van der Waals surface area (Å²) in [6.07, 6.45) is -0.145. The van der Waals surface area contributed by atoms with Crippen molar-refractivity contribution in [1.29, 1.82) is 0 Å². The minimum absolute atomic E-state index is 0.0213. The fraction of sp³-hybridized carbons (Fsp3) is 0.278. The first-order valence-corrected chi connectivity index (χ1v) is 10.4. The van der Waals surface area contributed by atoms with Crippen molar-refractivity contribution >= 4 is 24.9 Å². The molecule has 2 aromatic carbocycles. The van der Waals surface area contributed by atoms with Crippen LogP contribution >= 0.6 is 7.60 Å². The van der Waals surface area contributed by atoms with Gasteiger partial charge in [-0.05, 0) is 24.3 Å². The molecule has 11 nitrogen and oxygen atoms in total. The van der Waals surface area contributed by atoms with Gasteiger partial charge in [0.15, 0.2) is 0 Å². The molecule has 0 aromatic heterocycles. The second kappa shape index (κ2) is 9.84. The molecule has 0 aliphatic carbocycles. The van der Waals surface area contributed by atoms with Gasteiger partial charge in [-0.1, -0.05) is 6.92 Å². The number of carbonyl (C=O) groups is 1. The van der Waals surface area contributed by atoms with E-state index in [0.717, 1.165) is 0 Å². The third-order valence-corrected chi connectivity index (χ3v) is 5.74. The van der Waals surface area contributed by atoms with E-state index in [4.69, 9.17) is 13.8 Å². The molecule has 2 aromatic rings. The lowest BCUT2D eigenvalue weighted by molar-refractivity contribution is -0.385. The molecule has 12 heteroatoms. The molecule has 2 rings (SSSR count). The van der Waals surface area contributed by atoms with Crippen molar-refractivity contribution in [1.82, 2.24) is 0 Å². The summed E-state index contributed by atoms with van der Waals surface area (Å²) in [5, 5.41) is 21.6. The molecule has 0 saturated carbocycles. The van der Waals surface area contributed by atoms with Gasteiger partial charge < -0.3 is 13.8 Å². The number of esters is 1. The minimum Gasteiger partial charge on any atom is -0.466 e. The molecular weight excluding hydrogens is 419 g/mol. The number of nitro groups is 2. The Morgan fingerprint density at radius 3 is 1.67 bits per heavy atom. The Balaban J connectivity index is 2.23. The molecule has 0 aliphatic rings. The molecule has 0 amide bonds. The summed E-state index contributed by atoms with van der Waals surface area (Å²) in [5.41, 5.74) is -0.339. The largest absolute Gasteiger partial charge is 0.466 e. The standard InChI is InChI=1S/C18H19N2O9P/c1-13(11-27-14(2)21)12-30(26,28-17-7-3-15(4-8-17)19(22)23)29-18-9-5-16(6-10-18)20(24)25/h3-10,13H,11-12H2,1-2H3/t13-/m0/s1. The minimum atomic E-state index is -3.89. The van der Waals surface area contributed by atoms with E-state index in [1.54, 1.807) is 6.92 Å². The molecule has 0 spiro atoms. The zero-order chi connectivity index (χ0) is 22.3. The summed E-state index contributed by atoms with van der Waals surface area (Å²) in [6.45, 7) is 2.90. The van der Waals surface area contributed by atoms with Crippen LogP contribution in [0.25, 0.3) is 0 Å². The number of rotatable bonds is 10. The third kappa shape index (κ3) is 6.85. The van der Waals surface area contributed by atoms with Crippen LogP contribution < -0.4 is 9.05 Å². The lowest BCUT2D eigenvalue weighted by atomic mass is 10.2. The van der Waals surface area contributed by atoms with Gasteiger partial charge in [0.2, 0.25) is 0 Å². The van der Waals surface area contributed by atoms with Gasteiger partial charge in [0.05, 0.1) is 22.6 Å². The van der Waals surface area contributed by atoms with E-state index in [1.807, 2.05) is 0 Å². The molecule has 0 unspecified atom stereocenters. The van der Waals surface area contributed by atoms with Crippen molar-refractivity contribution in [2.75, 3.05) is 12.8 Å². The van der Waals surface area contributed by atoms with E-state index >= 15 is 0 Å². The highest BCUT2D eigenvalue weighted by molar-refractivity contribution is 7.54. The predicted molar refractivity (Wildman–Crippen MR) is 106 cm³/mol. The maximum Gasteiger partial charge on any atom is 0.431 e. The summed E-state index contributed by atoms with van der Waals surface area (Å²) in [4.78, 5) is 31.4. The van der Waals surface area contributed by atoms with Crippen molar-refractivity contribution < 1.29 is 33.0 Å². The molecule has 0 heterocycles. The summed E-state index contributed by atoms with van der Waals surface area (Å²) < 4.78 is 29.4. The van der Waals surface area contributed by atoms with Crippen LogP contribution in [0.15, 0.2) is 48.5 Å². The van der Waals surface area contributed by atoms with Crippen LogP contribution in [-0.4, -0.2) is 28.6 Å². The predicted octanol–water partition coefficient (Wildman–Crippen LogP) is 4.35. The van der Waals surface area contributed by atoms with Gasteiger partial charge in [-0.25, -0.2) is 4.57 Å². The van der Waals surface area contributed by atoms with Gasteiger partial charge in [-0.15, -0.1) is 0 Å². The Kier molecular flexibility index (Phi) is 7.48. The van der Waals surface area contributed by atoms with Crippen molar-refractivity contribution in [2.24, 2.45) is 5.92 Å². The van der Waals surface area contributed by atoms with Gasteiger partial charge in [0, 0.05) is 37.1 Å². The van der Waals surface area contributed by atoms with Crippen LogP contribution in [0, 0.1) is 26.1 Å². The van der Waals surface area contributed by atoms with Crippen LogP contribution in [0.5, 0.6) is 11.5 Å². The molecular formula is C18H19N2O9P. The number of non-ortho nitro benzene ring substituents is 2. The van der Waals surface area contributed by atoms with E-state index in [1.165, 1.54) is 55.5 Å². The van der Waals surface area contributed by atoms with E-state index in [2.05, 4.69) is 0 Å². The smallest absolute Gasteiger partial charge is 0.431 e. The first-order valence-electron chi connectivity index (χ1n) is 8.68. The monoisotopic (exact) mass is 438 g/mol. The fourth-order valence-corrected chi connectivity index (χ4v) is 4.31. The Bertz CT molecular complexity index is 897. The van der Waals surface area contributed by atoms with Crippen molar-refractivity contribution in [3.05, 3.63) is 68.8 Å². The molecule has 30 heavy (non-hydrogen) atoms. The summed E-state index contributed by atoms with van der Waals surface area (Å²) >= 11 is 0. The highest BCUT2D eigenvalue weighted by atomic mass is 31.2. The van der Waals surface area contributed by atoms with Crippen molar-refractivity contribution in [3.8, 4) is 11.5 Å². The third-order valence-electron chi connectivity index (χ3n) is 3.69. The average molecular weight is 438 g/mol. The summed E-state index contributed by atoms with van der Waals surface area (Å²) in [6, 6.07) is 9.87. The number of hydrogen-bond acceptors (Lipinski definition) is 9. The van der Waals surface area contributed by atoms with Crippen LogP contribution in [0.2, 0.25) is 0 Å². The maximum atomic E-state index is 13.4. The molecule has 0 N–H and O–H groups in total. The lowest BCUT2D eigenvalue weighted by Gasteiger charge is -2.22. The highest BCUT2D eigenvalue weighted by Gasteiger charge is 2.32. The van der Waals surface area contributed by atoms with E-state index in [-0.39, 0.29) is 35.6 Å². The molecule has 0 saturated heterocycles. The second-order valence-corrected chi connectivity index (χ2v) is 8.34. The molecule has 1 atom stereocenters. The first-order chi connectivity index (χ1) is 14.1. The Morgan fingerprint density at radius 2 is 1.33 bits per heavy atom. The fourth-order valence-electron chi connectivity index (χ4n) is 2.37. The number of ether oxygens (including phenoxy) is 1. The van der Waals surface area contributed by atoms with Crippen molar-refractivity contribution in [3.63, 3.8) is 0 Å². The SMILES string of the molecule is CC(=O)OC[C@H](C)CP(=O)(Oc1ccc([N+](=O)[O-])cc1)Oc1ccc([N+](=O)[O-])cc1. The Morgan fingerprint density at radius 1 is 0.933 bits per heavy atom. The Labute approximate surface area is 171 Å². The summed E-state index contributed by atoms with van der Waals surface area (Å²) in [7, 11) is -3.89. The van der Waals surface area contributed by atoms with Gasteiger partial charge in [0.25, 0.3) is 11.4 Å². The topological polar surface area (TPSA) is 148 Å². The number of nitro benzene ring substituents is 2. The van der Waals surface area contributed by atoms with E-state index < -0.39 is 29.3 Å². The van der Waals surface area contributed by atoms with Crippen LogP contribution in [0.1, 0.15) is 13.8 Å². The number of benzene rings is 2.